The highest BCUT2D eigenvalue weighted by molar-refractivity contribution is 8.23. The van der Waals surface area contributed by atoms with Gasteiger partial charge in [0.05, 0.1) is 0 Å². The largest absolute Gasteiger partial charge is 0.241 e. The van der Waals surface area contributed by atoms with E-state index in [9.17, 15) is 4.79 Å². The van der Waals surface area contributed by atoms with Crippen LogP contribution in [0, 0.1) is 0 Å². The van der Waals surface area contributed by atoms with Gasteiger partial charge in [-0.3, -0.25) is 0 Å². The van der Waals surface area contributed by atoms with Gasteiger partial charge in [-0.25, -0.2) is 4.79 Å². The third-order valence-electron chi connectivity index (χ3n) is 0.860. The molecule has 0 unspecified atom stereocenters. The first-order valence-corrected chi connectivity index (χ1v) is 4.45. The number of hydrogen-bond acceptors (Lipinski definition) is 3. The molecule has 2 nitrogen and oxygen atoms in total. The molecule has 0 rings (SSSR count). The van der Waals surface area contributed by atoms with Gasteiger partial charge < -0.3 is 0 Å². The van der Waals surface area contributed by atoms with E-state index in [-0.39, 0.29) is 0 Å². The van der Waals surface area contributed by atoms with Gasteiger partial charge in [0.1, 0.15) is 0 Å². The summed E-state index contributed by atoms with van der Waals surface area (Å²) in [6.07, 6.45) is 3.66. The minimum absolute atomic E-state index is 0.392. The molecule has 0 aliphatic rings. The third-order valence-corrected chi connectivity index (χ3v) is 2.14. The molecule has 0 aromatic rings. The lowest BCUT2D eigenvalue weighted by atomic mass is 10.4. The van der Waals surface area contributed by atoms with E-state index < -0.39 is 0 Å². The van der Waals surface area contributed by atoms with Crippen molar-refractivity contribution < 1.29 is 4.79 Å². The zero-order valence-electron chi connectivity index (χ0n) is 5.79. The molecule has 4 heteroatoms. The summed E-state index contributed by atoms with van der Waals surface area (Å²) in [5.41, 5.74) is 0. The molecule has 0 saturated heterocycles. The lowest BCUT2D eigenvalue weighted by Crippen LogP contribution is -1.84. The first-order chi connectivity index (χ1) is 4.81. The van der Waals surface area contributed by atoms with Gasteiger partial charge in [-0.1, -0.05) is 25.1 Å². The van der Waals surface area contributed by atoms with Gasteiger partial charge in [0, 0.05) is 5.75 Å². The Morgan fingerprint density at radius 1 is 1.80 bits per heavy atom. The van der Waals surface area contributed by atoms with E-state index in [2.05, 4.69) is 11.9 Å². The Kier molecular flexibility index (Phi) is 6.81. The molecule has 0 aliphatic heterocycles. The number of hydrogen-bond donors (Lipinski definition) is 0. The molecule has 0 aromatic heterocycles. The SMILES string of the molecule is CCCCSC(=S)N=C=O. The maximum atomic E-state index is 9.66. The lowest BCUT2D eigenvalue weighted by Gasteiger charge is -1.92. The fourth-order valence-electron chi connectivity index (χ4n) is 0.373. The zero-order chi connectivity index (χ0) is 7.82. The highest BCUT2D eigenvalue weighted by atomic mass is 32.2. The topological polar surface area (TPSA) is 29.4 Å². The van der Waals surface area contributed by atoms with Gasteiger partial charge in [-0.05, 0) is 18.6 Å². The number of carbonyl (C=O) groups excluding carboxylic acids is 1. The fourth-order valence-corrected chi connectivity index (χ4v) is 1.37. The molecule has 0 fully saturated rings. The summed E-state index contributed by atoms with van der Waals surface area (Å²) in [5, 5.41) is 0. The number of thioether (sulfide) groups is 1. The Labute approximate surface area is 70.1 Å². The monoisotopic (exact) mass is 175 g/mol. The van der Waals surface area contributed by atoms with Crippen LogP contribution in [0.3, 0.4) is 0 Å². The van der Waals surface area contributed by atoms with Gasteiger partial charge in [-0.2, -0.15) is 0 Å². The van der Waals surface area contributed by atoms with Crippen LogP contribution in [0.1, 0.15) is 19.8 Å². The van der Waals surface area contributed by atoms with Gasteiger partial charge in [0.2, 0.25) is 6.08 Å². The van der Waals surface area contributed by atoms with Gasteiger partial charge in [0.15, 0.2) is 4.32 Å². The van der Waals surface area contributed by atoms with Crippen molar-refractivity contribution in [3.8, 4) is 0 Å². The second kappa shape index (κ2) is 6.93. The molecule has 0 bridgehead atoms. The van der Waals surface area contributed by atoms with Crippen LogP contribution in [0.2, 0.25) is 0 Å². The van der Waals surface area contributed by atoms with Crippen LogP contribution in [-0.2, 0) is 4.79 Å². The summed E-state index contributed by atoms with van der Waals surface area (Å²) < 4.78 is 0.392. The number of unbranched alkanes of at least 4 members (excludes halogenated alkanes) is 1. The minimum Gasteiger partial charge on any atom is -0.211 e. The van der Waals surface area contributed by atoms with E-state index in [1.54, 1.807) is 0 Å². The number of aliphatic imine (C=N–C) groups is 1. The molecule has 0 aliphatic carbocycles. The molecule has 0 saturated carbocycles. The molecular weight excluding hydrogens is 166 g/mol. The second-order valence-electron chi connectivity index (χ2n) is 1.67. The Balaban J connectivity index is 3.31. The van der Waals surface area contributed by atoms with Crippen LogP contribution in [0.5, 0.6) is 0 Å². The van der Waals surface area contributed by atoms with E-state index in [4.69, 9.17) is 12.2 Å². The predicted molar refractivity (Wildman–Crippen MR) is 48.1 cm³/mol. The van der Waals surface area contributed by atoms with E-state index >= 15 is 0 Å². The number of rotatable bonds is 3. The maximum absolute atomic E-state index is 9.66. The molecular formula is C6H9NOS2. The minimum atomic E-state index is 0.392. The van der Waals surface area contributed by atoms with Gasteiger partial charge in [0.25, 0.3) is 0 Å². The Morgan fingerprint density at radius 3 is 3.00 bits per heavy atom. The van der Waals surface area contributed by atoms with Crippen molar-refractivity contribution >= 4 is 34.4 Å². The van der Waals surface area contributed by atoms with Crippen LogP contribution < -0.4 is 0 Å². The summed E-state index contributed by atoms with van der Waals surface area (Å²) >= 11 is 6.13. The number of nitrogens with zero attached hydrogens (tertiary/aromatic N) is 1. The summed E-state index contributed by atoms with van der Waals surface area (Å²) in [5.74, 6) is 0.945. The van der Waals surface area contributed by atoms with Crippen molar-refractivity contribution in [3.63, 3.8) is 0 Å². The molecule has 0 radical (unpaired) electrons. The van der Waals surface area contributed by atoms with E-state index in [0.29, 0.717) is 4.32 Å². The average Bonchev–Trinajstić information content (AvgIpc) is 1.89. The summed E-state index contributed by atoms with van der Waals surface area (Å²) in [4.78, 5) is 12.9. The molecule has 0 atom stereocenters. The van der Waals surface area contributed by atoms with Crippen LogP contribution in [0.4, 0.5) is 0 Å². The highest BCUT2D eigenvalue weighted by Gasteiger charge is 1.92. The Bertz CT molecular complexity index is 152. The van der Waals surface area contributed by atoms with Crippen LogP contribution in [0.25, 0.3) is 0 Å². The normalized spacial score (nSPS) is 8.50. The van der Waals surface area contributed by atoms with Crippen LogP contribution >= 0.6 is 24.0 Å². The van der Waals surface area contributed by atoms with Crippen molar-refractivity contribution in [3.05, 3.63) is 0 Å². The molecule has 0 spiro atoms. The molecule has 0 N–H and O–H groups in total. The number of thiocarbonyl (C=S) groups is 1. The molecule has 0 aromatic carbocycles. The molecule has 0 heterocycles. The lowest BCUT2D eigenvalue weighted by molar-refractivity contribution is 0.566. The van der Waals surface area contributed by atoms with E-state index in [1.165, 1.54) is 17.8 Å². The van der Waals surface area contributed by atoms with Crippen molar-refractivity contribution in [1.82, 2.24) is 0 Å². The van der Waals surface area contributed by atoms with Crippen molar-refractivity contribution in [2.45, 2.75) is 19.8 Å². The highest BCUT2D eigenvalue weighted by Crippen LogP contribution is 2.07. The fraction of sp³-hybridized carbons (Fsp3) is 0.667. The van der Waals surface area contributed by atoms with Crippen LogP contribution in [0.15, 0.2) is 4.99 Å². The second-order valence-corrected chi connectivity index (χ2v) is 3.40. The summed E-state index contributed by atoms with van der Waals surface area (Å²) in [6.45, 7) is 2.10. The van der Waals surface area contributed by atoms with Crippen LogP contribution in [-0.4, -0.2) is 16.2 Å². The van der Waals surface area contributed by atoms with Crippen molar-refractivity contribution in [2.24, 2.45) is 4.99 Å². The van der Waals surface area contributed by atoms with Gasteiger partial charge >= 0.3 is 0 Å². The quantitative estimate of drug-likeness (QED) is 0.285. The molecule has 0 amide bonds. The third kappa shape index (κ3) is 5.95. The molecule has 10 heavy (non-hydrogen) atoms. The van der Waals surface area contributed by atoms with E-state index in [1.807, 2.05) is 0 Å². The summed E-state index contributed by atoms with van der Waals surface area (Å²) in [7, 11) is 0. The van der Waals surface area contributed by atoms with Crippen molar-refractivity contribution in [1.29, 1.82) is 0 Å². The predicted octanol–water partition coefficient (Wildman–Crippen LogP) is 2.14. The molecule has 56 valence electrons. The first-order valence-electron chi connectivity index (χ1n) is 3.06. The summed E-state index contributed by atoms with van der Waals surface area (Å²) in [6, 6.07) is 0. The maximum Gasteiger partial charge on any atom is 0.241 e. The zero-order valence-corrected chi connectivity index (χ0v) is 7.43. The number of isocyanates is 1. The average molecular weight is 175 g/mol. The van der Waals surface area contributed by atoms with Gasteiger partial charge in [-0.15, -0.1) is 4.99 Å². The Hall–Kier alpha value is -0.180. The first kappa shape index (κ1) is 9.82. The Morgan fingerprint density at radius 2 is 2.50 bits per heavy atom. The smallest absolute Gasteiger partial charge is 0.211 e. The standard InChI is InChI=1S/C6H9NOS2/c1-2-3-4-10-6(9)7-5-8/h2-4H2,1H3. The van der Waals surface area contributed by atoms with E-state index in [0.717, 1.165) is 18.6 Å². The van der Waals surface area contributed by atoms with Crippen molar-refractivity contribution in [2.75, 3.05) is 5.75 Å².